The van der Waals surface area contributed by atoms with Gasteiger partial charge in [-0.1, -0.05) is 5.92 Å². The number of terminal acetylenes is 1. The minimum Gasteiger partial charge on any atom is -0.199 e. The van der Waals surface area contributed by atoms with Gasteiger partial charge in [-0.25, -0.2) is 0 Å². The Labute approximate surface area is 66.6 Å². The molecule has 0 rings (SSSR count). The van der Waals surface area contributed by atoms with Gasteiger partial charge in [0.1, 0.15) is 6.58 Å². The maximum Gasteiger partial charge on any atom is 0.221 e. The highest BCUT2D eigenvalue weighted by Gasteiger charge is 1.48. The quantitative estimate of drug-likeness (QED) is 0.262. The molecule has 0 heteroatoms. The molecule has 0 fully saturated rings. The Morgan fingerprint density at radius 1 is 1.18 bits per heavy atom. The third kappa shape index (κ3) is 7.67. The van der Waals surface area contributed by atoms with Crippen LogP contribution in [0.2, 0.25) is 0 Å². The summed E-state index contributed by atoms with van der Waals surface area (Å²) in [6, 6.07) is 0. The second-order valence-corrected chi connectivity index (χ2v) is 1.16. The number of hydrogen-bond acceptors (Lipinski definition) is 0. The first-order chi connectivity index (χ1) is 5.41. The van der Waals surface area contributed by atoms with E-state index >= 15 is 0 Å². The molecule has 46 valence electrons. The fourth-order valence-corrected chi connectivity index (χ4v) is 0.228. The average Bonchev–Trinajstić information content (AvgIpc) is 2.03. The first kappa shape index (κ1) is 8.67. The van der Waals surface area contributed by atoms with Crippen molar-refractivity contribution in [3.05, 3.63) is 29.8 Å². The Hall–Kier alpha value is -2.33. The van der Waals surface area contributed by atoms with E-state index in [1.165, 1.54) is 0 Å². The lowest BCUT2D eigenvalue weighted by Gasteiger charge is -1.61. The van der Waals surface area contributed by atoms with Crippen LogP contribution in [0.25, 0.3) is 0 Å². The van der Waals surface area contributed by atoms with Crippen LogP contribution in [0.1, 0.15) is 0 Å². The lowest BCUT2D eigenvalue weighted by molar-refractivity contribution is 2.06. The third-order valence-corrected chi connectivity index (χ3v) is 0.519. The van der Waals surface area contributed by atoms with Crippen LogP contribution in [0.5, 0.6) is 0 Å². The average molecular weight is 134 g/mol. The van der Waals surface area contributed by atoms with E-state index in [9.17, 15) is 0 Å². The molecule has 0 aliphatic heterocycles. The van der Waals surface area contributed by atoms with Crippen molar-refractivity contribution in [2.24, 2.45) is 0 Å². The van der Waals surface area contributed by atoms with Crippen LogP contribution >= 0.6 is 0 Å². The van der Waals surface area contributed by atoms with Crippen LogP contribution in [0.15, 0.2) is 17.2 Å². The highest BCUT2D eigenvalue weighted by Crippen LogP contribution is 1.57. The second kappa shape index (κ2) is 7.67. The Balaban J connectivity index is 4.27. The molecule has 0 atom stereocenters. The topological polar surface area (TPSA) is 0 Å². The van der Waals surface area contributed by atoms with Crippen molar-refractivity contribution in [3.63, 3.8) is 0 Å². The van der Waals surface area contributed by atoms with Gasteiger partial charge >= 0.3 is 0 Å². The molecule has 0 aromatic heterocycles. The molecule has 0 nitrogen and oxygen atoms in total. The highest BCUT2D eigenvalue weighted by atomic mass is 13.5. The number of rotatable bonds is 0. The maximum absolute atomic E-state index is 4.82. The van der Waals surface area contributed by atoms with E-state index in [0.717, 1.165) is 0 Å². The molecule has 0 saturated carbocycles. The molecule has 0 saturated heterocycles. The molecule has 0 radical (unpaired) electrons. The lowest BCUT2D eigenvalue weighted by Crippen LogP contribution is -1.49. The van der Waals surface area contributed by atoms with Crippen molar-refractivity contribution in [2.75, 3.05) is 0 Å². The van der Waals surface area contributed by atoms with Gasteiger partial charge in [0, 0.05) is 5.73 Å². The first-order valence-electron chi connectivity index (χ1n) is 2.58. The van der Waals surface area contributed by atoms with Crippen molar-refractivity contribution >= 4 is 0 Å². The minimum absolute atomic E-state index is 2.11. The Morgan fingerprint density at radius 2 is 2.00 bits per heavy atom. The third-order valence-electron chi connectivity index (χ3n) is 0.519. The molecule has 0 aliphatic carbocycles. The Kier molecular flexibility index (Phi) is 6.05. The SMILES string of the molecule is C#CC#CC#C[C-]=C=C=C=[CH+]. The zero-order valence-corrected chi connectivity index (χ0v) is 5.65. The van der Waals surface area contributed by atoms with Crippen molar-refractivity contribution in [2.45, 2.75) is 0 Å². The molecule has 0 unspecified atom stereocenters. The van der Waals surface area contributed by atoms with Gasteiger partial charge in [-0.05, 0) is 17.9 Å². The fourth-order valence-electron chi connectivity index (χ4n) is 0.228. The van der Waals surface area contributed by atoms with E-state index in [1.807, 2.05) is 0 Å². The summed E-state index contributed by atoms with van der Waals surface area (Å²) in [5.41, 5.74) is 6.81. The summed E-state index contributed by atoms with van der Waals surface area (Å²) in [5.74, 6) is 11.6. The Bertz CT molecular complexity index is 389. The lowest BCUT2D eigenvalue weighted by atomic mass is 10.5. The van der Waals surface area contributed by atoms with Gasteiger partial charge in [0.05, 0.1) is 0 Å². The summed E-state index contributed by atoms with van der Waals surface area (Å²) in [4.78, 5) is 0. The number of allylic oxidation sites excluding steroid dienone is 1. The van der Waals surface area contributed by atoms with Crippen LogP contribution in [0.3, 0.4) is 0 Å². The van der Waals surface area contributed by atoms with E-state index in [2.05, 4.69) is 52.9 Å². The maximum atomic E-state index is 4.82. The van der Waals surface area contributed by atoms with Gasteiger partial charge in [-0.2, -0.15) is 11.8 Å². The van der Waals surface area contributed by atoms with Crippen LogP contribution < -0.4 is 0 Å². The predicted octanol–water partition coefficient (Wildman–Crippen LogP) is 0.884. The van der Waals surface area contributed by atoms with Crippen molar-refractivity contribution < 1.29 is 0 Å². The van der Waals surface area contributed by atoms with Gasteiger partial charge in [0.25, 0.3) is 0 Å². The normalized spacial score (nSPS) is 3.82. The second-order valence-electron chi connectivity index (χ2n) is 1.16. The van der Waals surface area contributed by atoms with E-state index in [4.69, 9.17) is 13.0 Å². The predicted molar refractivity (Wildman–Crippen MR) is 42.5 cm³/mol. The summed E-state index contributed by atoms with van der Waals surface area (Å²) in [6.07, 6.45) is 7.23. The molecule has 11 heavy (non-hydrogen) atoms. The van der Waals surface area contributed by atoms with E-state index in [-0.39, 0.29) is 0 Å². The summed E-state index contributed by atoms with van der Waals surface area (Å²) in [7, 11) is 0. The molecule has 0 N–H and O–H groups in total. The van der Waals surface area contributed by atoms with Gasteiger partial charge in [0.15, 0.2) is 0 Å². The molecular formula is C11H2. The van der Waals surface area contributed by atoms with Crippen LogP contribution in [-0.2, 0) is 0 Å². The zero-order chi connectivity index (χ0) is 8.36. The highest BCUT2D eigenvalue weighted by molar-refractivity contribution is 5.34. The number of hydrogen-bond donors (Lipinski definition) is 0. The molecule has 0 aliphatic rings. The van der Waals surface area contributed by atoms with E-state index < -0.39 is 0 Å². The first-order valence-corrected chi connectivity index (χ1v) is 2.58. The van der Waals surface area contributed by atoms with Gasteiger partial charge in [-0.15, -0.1) is 6.42 Å². The largest absolute Gasteiger partial charge is 0.221 e. The summed E-state index contributed by atoms with van der Waals surface area (Å²) in [5, 5.41) is 0. The van der Waals surface area contributed by atoms with Crippen LogP contribution in [0.4, 0.5) is 0 Å². The van der Waals surface area contributed by atoms with E-state index in [1.54, 1.807) is 0 Å². The van der Waals surface area contributed by atoms with Crippen molar-refractivity contribution in [3.8, 4) is 36.0 Å². The molecule has 0 aromatic carbocycles. The van der Waals surface area contributed by atoms with Crippen LogP contribution in [0, 0.1) is 48.7 Å². The van der Waals surface area contributed by atoms with Gasteiger partial charge < -0.3 is 0 Å². The van der Waals surface area contributed by atoms with Gasteiger partial charge in [0.2, 0.25) is 11.5 Å². The summed E-state index contributed by atoms with van der Waals surface area (Å²) >= 11 is 0. The fraction of sp³-hybridized carbons (Fsp3) is 0. The summed E-state index contributed by atoms with van der Waals surface area (Å²) < 4.78 is 0. The molecule has 0 bridgehead atoms. The Morgan fingerprint density at radius 3 is 2.64 bits per heavy atom. The molecule has 0 aromatic rings. The standard InChI is InChI=1S/C11H2/c1-3-5-7-9-11-10-8-6-4-2/h1-2H. The summed E-state index contributed by atoms with van der Waals surface area (Å²) in [6.45, 7) is 4.82. The molecular weight excluding hydrogens is 132 g/mol. The molecule has 0 amide bonds. The van der Waals surface area contributed by atoms with E-state index in [0.29, 0.717) is 0 Å². The smallest absolute Gasteiger partial charge is 0.199 e. The molecule has 0 heterocycles. The van der Waals surface area contributed by atoms with Crippen molar-refractivity contribution in [1.29, 1.82) is 0 Å². The van der Waals surface area contributed by atoms with Crippen LogP contribution in [-0.4, -0.2) is 0 Å². The van der Waals surface area contributed by atoms with Crippen molar-refractivity contribution in [1.82, 2.24) is 0 Å². The minimum atomic E-state index is 2.11. The van der Waals surface area contributed by atoms with Gasteiger partial charge in [-0.3, -0.25) is 0 Å². The zero-order valence-electron chi connectivity index (χ0n) is 5.65. The molecule has 0 spiro atoms. The monoisotopic (exact) mass is 134 g/mol.